The highest BCUT2D eigenvalue weighted by Gasteiger charge is 2.45. The van der Waals surface area contributed by atoms with E-state index in [4.69, 9.17) is 0 Å². The smallest absolute Gasteiger partial charge is 0.243 e. The third-order valence-corrected chi connectivity index (χ3v) is 7.46. The molecule has 3 aliphatic rings. The molecule has 0 unspecified atom stereocenters. The van der Waals surface area contributed by atoms with E-state index < -0.39 is 10.0 Å². The lowest BCUT2D eigenvalue weighted by molar-refractivity contribution is -0.132. The molecule has 0 aromatic heterocycles. The van der Waals surface area contributed by atoms with E-state index in [1.807, 2.05) is 19.1 Å². The van der Waals surface area contributed by atoms with Crippen LogP contribution in [0.15, 0.2) is 40.8 Å². The lowest BCUT2D eigenvalue weighted by Crippen LogP contribution is -2.47. The predicted molar refractivity (Wildman–Crippen MR) is 87.3 cm³/mol. The van der Waals surface area contributed by atoms with E-state index in [9.17, 15) is 13.2 Å². The van der Waals surface area contributed by atoms with Gasteiger partial charge in [0.1, 0.15) is 5.78 Å². The molecule has 3 atom stereocenters. The van der Waals surface area contributed by atoms with E-state index in [2.05, 4.69) is 6.08 Å². The highest BCUT2D eigenvalue weighted by molar-refractivity contribution is 7.89. The molecule has 1 aliphatic heterocycles. The molecule has 1 aromatic carbocycles. The van der Waals surface area contributed by atoms with Gasteiger partial charge in [0, 0.05) is 25.4 Å². The van der Waals surface area contributed by atoms with Gasteiger partial charge in [0.05, 0.1) is 4.90 Å². The molecule has 2 fully saturated rings. The number of piperidine rings is 1. The highest BCUT2D eigenvalue weighted by Crippen LogP contribution is 2.46. The van der Waals surface area contributed by atoms with Crippen LogP contribution in [0.5, 0.6) is 0 Å². The Bertz CT molecular complexity index is 779. The quantitative estimate of drug-likeness (QED) is 0.783. The Morgan fingerprint density at radius 2 is 1.91 bits per heavy atom. The molecule has 1 saturated heterocycles. The van der Waals surface area contributed by atoms with E-state index >= 15 is 0 Å². The number of hydrogen-bond donors (Lipinski definition) is 0. The summed E-state index contributed by atoms with van der Waals surface area (Å²) in [5.74, 6) is 1.22. The number of carbonyl (C=O) groups excluding carboxylic acids is 1. The summed E-state index contributed by atoms with van der Waals surface area (Å²) in [5, 5.41) is 0. The van der Waals surface area contributed by atoms with Crippen molar-refractivity contribution in [3.8, 4) is 0 Å². The van der Waals surface area contributed by atoms with Crippen molar-refractivity contribution in [1.29, 1.82) is 0 Å². The molecule has 4 rings (SSSR count). The first-order valence-corrected chi connectivity index (χ1v) is 9.69. The Hall–Kier alpha value is -1.46. The number of rotatable bonds is 2. The Balaban J connectivity index is 1.56. The lowest BCUT2D eigenvalue weighted by atomic mass is 9.62. The van der Waals surface area contributed by atoms with Gasteiger partial charge in [-0.3, -0.25) is 4.79 Å². The van der Waals surface area contributed by atoms with Crippen molar-refractivity contribution in [2.24, 2.45) is 17.8 Å². The number of aryl methyl sites for hydroxylation is 1. The second-order valence-corrected chi connectivity index (χ2v) is 8.99. The molecule has 0 amide bonds. The summed E-state index contributed by atoms with van der Waals surface area (Å²) in [6.07, 6.45) is 4.53. The first-order chi connectivity index (χ1) is 10.9. The number of fused-ring (bicyclic) bond motifs is 2. The average Bonchev–Trinajstić information content (AvgIpc) is 2.53. The zero-order chi connectivity index (χ0) is 16.2. The number of benzene rings is 1. The second-order valence-electron chi connectivity index (χ2n) is 7.06. The molecule has 5 heteroatoms. The number of allylic oxidation sites excluding steroid dienone is 1. The first-order valence-electron chi connectivity index (χ1n) is 8.25. The zero-order valence-corrected chi connectivity index (χ0v) is 14.1. The second kappa shape index (κ2) is 5.28. The van der Waals surface area contributed by atoms with Crippen LogP contribution in [0.2, 0.25) is 0 Å². The maximum absolute atomic E-state index is 12.8. The summed E-state index contributed by atoms with van der Waals surface area (Å²) in [7, 11) is -3.41. The van der Waals surface area contributed by atoms with E-state index in [0.717, 1.165) is 18.4 Å². The summed E-state index contributed by atoms with van der Waals surface area (Å²) in [5.41, 5.74) is 2.36. The molecule has 122 valence electrons. The SMILES string of the molecule is Cc1ccc(S(=O)(=O)N2CCC3=C[C@H]4C(=O)C[C@H]4C[C@@H]3C2)cc1. The fraction of sp³-hybridized carbons (Fsp3) is 0.500. The summed E-state index contributed by atoms with van der Waals surface area (Å²) in [6.45, 7) is 3.02. The van der Waals surface area contributed by atoms with E-state index in [0.29, 0.717) is 42.0 Å². The maximum Gasteiger partial charge on any atom is 0.243 e. The Morgan fingerprint density at radius 3 is 2.61 bits per heavy atom. The molecule has 1 aromatic rings. The van der Waals surface area contributed by atoms with Crippen LogP contribution in [-0.4, -0.2) is 31.6 Å². The van der Waals surface area contributed by atoms with Crippen LogP contribution in [0.25, 0.3) is 0 Å². The van der Waals surface area contributed by atoms with Crippen molar-refractivity contribution < 1.29 is 13.2 Å². The van der Waals surface area contributed by atoms with Crippen molar-refractivity contribution in [1.82, 2.24) is 4.31 Å². The number of carbonyl (C=O) groups is 1. The molecule has 2 aliphatic carbocycles. The van der Waals surface area contributed by atoms with Gasteiger partial charge in [0.25, 0.3) is 0 Å². The van der Waals surface area contributed by atoms with Crippen LogP contribution in [0.3, 0.4) is 0 Å². The minimum absolute atomic E-state index is 0.126. The van der Waals surface area contributed by atoms with Crippen molar-refractivity contribution in [3.05, 3.63) is 41.5 Å². The Labute approximate surface area is 137 Å². The van der Waals surface area contributed by atoms with Crippen LogP contribution in [0, 0.1) is 24.7 Å². The fourth-order valence-electron chi connectivity index (χ4n) is 4.11. The summed E-state index contributed by atoms with van der Waals surface area (Å²) in [4.78, 5) is 12.0. The standard InChI is InChI=1S/C18H21NO3S/c1-12-2-4-16(5-3-12)23(21,22)19-7-6-13-9-17-14(10-18(17)20)8-15(13)11-19/h2-5,9,14-15,17H,6-8,10-11H2,1H3/t14-,15-,17-/m1/s1. The first kappa shape index (κ1) is 15.1. The van der Waals surface area contributed by atoms with Gasteiger partial charge in [-0.25, -0.2) is 8.42 Å². The lowest BCUT2D eigenvalue weighted by Gasteiger charge is -2.44. The van der Waals surface area contributed by atoms with Crippen molar-refractivity contribution in [2.45, 2.75) is 31.1 Å². The summed E-state index contributed by atoms with van der Waals surface area (Å²) in [6, 6.07) is 7.07. The van der Waals surface area contributed by atoms with Crippen LogP contribution in [-0.2, 0) is 14.8 Å². The fourth-order valence-corrected chi connectivity index (χ4v) is 5.60. The van der Waals surface area contributed by atoms with Gasteiger partial charge in [-0.05, 0) is 43.7 Å². The minimum Gasteiger partial charge on any atom is -0.299 e. The van der Waals surface area contributed by atoms with Crippen LogP contribution in [0.1, 0.15) is 24.8 Å². The molecular formula is C18H21NO3S. The normalized spacial score (nSPS) is 30.9. The molecule has 0 N–H and O–H groups in total. The van der Waals surface area contributed by atoms with Crippen LogP contribution >= 0.6 is 0 Å². The molecule has 23 heavy (non-hydrogen) atoms. The van der Waals surface area contributed by atoms with Crippen molar-refractivity contribution >= 4 is 15.8 Å². The third kappa shape index (κ3) is 2.46. The molecule has 0 bridgehead atoms. The minimum atomic E-state index is -3.41. The highest BCUT2D eigenvalue weighted by atomic mass is 32.2. The summed E-state index contributed by atoms with van der Waals surface area (Å²) < 4.78 is 27.3. The Kier molecular flexibility index (Phi) is 3.46. The van der Waals surface area contributed by atoms with Gasteiger partial charge in [-0.1, -0.05) is 29.3 Å². The number of hydrogen-bond acceptors (Lipinski definition) is 3. The average molecular weight is 331 g/mol. The van der Waals surface area contributed by atoms with E-state index in [1.54, 1.807) is 16.4 Å². The maximum atomic E-state index is 12.8. The molecule has 1 saturated carbocycles. The molecule has 1 heterocycles. The van der Waals surface area contributed by atoms with Gasteiger partial charge in [0.2, 0.25) is 10.0 Å². The number of ketones is 1. The molecule has 0 radical (unpaired) electrons. The Morgan fingerprint density at radius 1 is 1.17 bits per heavy atom. The van der Waals surface area contributed by atoms with E-state index in [1.165, 1.54) is 5.57 Å². The number of sulfonamides is 1. The molecule has 0 spiro atoms. The van der Waals surface area contributed by atoms with Gasteiger partial charge < -0.3 is 0 Å². The van der Waals surface area contributed by atoms with Crippen LogP contribution < -0.4 is 0 Å². The van der Waals surface area contributed by atoms with Gasteiger partial charge in [-0.2, -0.15) is 4.31 Å². The van der Waals surface area contributed by atoms with Crippen LogP contribution in [0.4, 0.5) is 0 Å². The predicted octanol–water partition coefficient (Wildman–Crippen LogP) is 2.54. The van der Waals surface area contributed by atoms with Gasteiger partial charge in [0.15, 0.2) is 0 Å². The van der Waals surface area contributed by atoms with E-state index in [-0.39, 0.29) is 5.92 Å². The number of Topliss-reactive ketones (excluding diaryl/α,β-unsaturated/α-hetero) is 1. The number of nitrogens with zero attached hydrogens (tertiary/aromatic N) is 1. The molecule has 4 nitrogen and oxygen atoms in total. The van der Waals surface area contributed by atoms with Gasteiger partial charge >= 0.3 is 0 Å². The molecular weight excluding hydrogens is 310 g/mol. The monoisotopic (exact) mass is 331 g/mol. The van der Waals surface area contributed by atoms with Gasteiger partial charge in [-0.15, -0.1) is 0 Å². The third-order valence-electron chi connectivity index (χ3n) is 5.58. The van der Waals surface area contributed by atoms with Crippen molar-refractivity contribution in [3.63, 3.8) is 0 Å². The topological polar surface area (TPSA) is 54.5 Å². The summed E-state index contributed by atoms with van der Waals surface area (Å²) >= 11 is 0. The zero-order valence-electron chi connectivity index (χ0n) is 13.2. The largest absolute Gasteiger partial charge is 0.299 e. The van der Waals surface area contributed by atoms with Crippen molar-refractivity contribution in [2.75, 3.05) is 13.1 Å².